The van der Waals surface area contributed by atoms with Crippen molar-refractivity contribution < 1.29 is 8.83 Å². The molecule has 3 rings (SSSR count). The molecule has 0 spiro atoms. The van der Waals surface area contributed by atoms with E-state index >= 15 is 0 Å². The molecule has 0 radical (unpaired) electrons. The Labute approximate surface area is 124 Å². The summed E-state index contributed by atoms with van der Waals surface area (Å²) < 4.78 is 11.3. The van der Waals surface area contributed by atoms with Crippen molar-refractivity contribution in [3.8, 4) is 11.5 Å². The number of hydrogen-bond acceptors (Lipinski definition) is 6. The predicted molar refractivity (Wildman–Crippen MR) is 78.6 cm³/mol. The first-order chi connectivity index (χ1) is 10.0. The predicted octanol–water partition coefficient (Wildman–Crippen LogP) is 2.26. The van der Waals surface area contributed by atoms with Crippen LogP contribution in [-0.2, 0) is 6.54 Å². The molecule has 1 saturated heterocycles. The maximum absolute atomic E-state index is 5.99. The van der Waals surface area contributed by atoms with Gasteiger partial charge >= 0.3 is 0 Å². The highest BCUT2D eigenvalue weighted by Gasteiger charge is 2.25. The normalized spacial score (nSPS) is 23.6. The third-order valence-electron chi connectivity index (χ3n) is 4.13. The summed E-state index contributed by atoms with van der Waals surface area (Å²) in [5.41, 5.74) is 6.87. The van der Waals surface area contributed by atoms with E-state index in [1.165, 1.54) is 0 Å². The van der Waals surface area contributed by atoms with Gasteiger partial charge in [-0.2, -0.15) is 0 Å². The monoisotopic (exact) mass is 290 g/mol. The van der Waals surface area contributed by atoms with E-state index in [2.05, 4.69) is 22.0 Å². The molecule has 2 N–H and O–H groups in total. The van der Waals surface area contributed by atoms with Crippen molar-refractivity contribution in [3.63, 3.8) is 0 Å². The van der Waals surface area contributed by atoms with Crippen LogP contribution < -0.4 is 5.73 Å². The third kappa shape index (κ3) is 3.01. The number of aryl methyl sites for hydroxylation is 2. The van der Waals surface area contributed by atoms with Crippen molar-refractivity contribution in [2.75, 3.05) is 6.54 Å². The third-order valence-corrected chi connectivity index (χ3v) is 4.13. The van der Waals surface area contributed by atoms with E-state index in [1.807, 2.05) is 19.9 Å². The highest BCUT2D eigenvalue weighted by Crippen LogP contribution is 2.26. The minimum absolute atomic E-state index is 0.311. The molecule has 1 fully saturated rings. The smallest absolute Gasteiger partial charge is 0.251 e. The number of aromatic nitrogens is 2. The van der Waals surface area contributed by atoms with Crippen LogP contribution in [0.15, 0.2) is 14.9 Å². The maximum atomic E-state index is 5.99. The van der Waals surface area contributed by atoms with Gasteiger partial charge in [0.25, 0.3) is 5.89 Å². The van der Waals surface area contributed by atoms with Gasteiger partial charge in [0.2, 0.25) is 5.89 Å². The van der Waals surface area contributed by atoms with Crippen molar-refractivity contribution in [3.05, 3.63) is 23.5 Å². The molecule has 2 aromatic rings. The minimum atomic E-state index is 0.311. The fraction of sp³-hybridized carbons (Fsp3) is 0.600. The first-order valence-electron chi connectivity index (χ1n) is 7.42. The van der Waals surface area contributed by atoms with Crippen LogP contribution in [0.5, 0.6) is 0 Å². The Hall–Kier alpha value is -1.66. The lowest BCUT2D eigenvalue weighted by atomic mass is 9.99. The van der Waals surface area contributed by atoms with Crippen molar-refractivity contribution in [1.82, 2.24) is 15.1 Å². The lowest BCUT2D eigenvalue weighted by Crippen LogP contribution is -2.45. The van der Waals surface area contributed by atoms with Crippen LogP contribution in [0.3, 0.4) is 0 Å². The summed E-state index contributed by atoms with van der Waals surface area (Å²) >= 11 is 0. The molecule has 114 valence electrons. The van der Waals surface area contributed by atoms with E-state index in [0.717, 1.165) is 36.5 Å². The second-order valence-corrected chi connectivity index (χ2v) is 5.93. The first-order valence-corrected chi connectivity index (χ1v) is 7.42. The zero-order valence-corrected chi connectivity index (χ0v) is 12.8. The van der Waals surface area contributed by atoms with Crippen molar-refractivity contribution in [1.29, 1.82) is 0 Å². The molecule has 0 saturated carbocycles. The van der Waals surface area contributed by atoms with Crippen molar-refractivity contribution in [2.45, 2.75) is 52.2 Å². The maximum Gasteiger partial charge on any atom is 0.251 e. The van der Waals surface area contributed by atoms with Crippen molar-refractivity contribution in [2.24, 2.45) is 5.73 Å². The zero-order valence-electron chi connectivity index (χ0n) is 12.8. The van der Waals surface area contributed by atoms with Gasteiger partial charge in [-0.15, -0.1) is 10.2 Å². The Morgan fingerprint density at radius 1 is 1.33 bits per heavy atom. The Kier molecular flexibility index (Phi) is 3.82. The summed E-state index contributed by atoms with van der Waals surface area (Å²) in [7, 11) is 0. The summed E-state index contributed by atoms with van der Waals surface area (Å²) in [4.78, 5) is 2.34. The second kappa shape index (κ2) is 5.61. The van der Waals surface area contributed by atoms with Crippen molar-refractivity contribution >= 4 is 0 Å². The fourth-order valence-corrected chi connectivity index (χ4v) is 2.94. The number of nitrogens with two attached hydrogens (primary N) is 1. The molecular weight excluding hydrogens is 268 g/mol. The van der Waals surface area contributed by atoms with Gasteiger partial charge in [0, 0.05) is 18.6 Å². The SMILES string of the molecule is Cc1cc(-c2nnc(CN3CCC(N)CC3C)o2)c(C)o1. The van der Waals surface area contributed by atoms with Gasteiger partial charge < -0.3 is 14.6 Å². The van der Waals surface area contributed by atoms with Gasteiger partial charge in [-0.25, -0.2) is 0 Å². The number of rotatable bonds is 3. The molecule has 2 atom stereocenters. The van der Waals surface area contributed by atoms with Gasteiger partial charge in [0.15, 0.2) is 0 Å². The molecule has 0 aliphatic carbocycles. The van der Waals surface area contributed by atoms with Crippen LogP contribution >= 0.6 is 0 Å². The van der Waals surface area contributed by atoms with E-state index in [1.54, 1.807) is 0 Å². The van der Waals surface area contributed by atoms with Crippen LogP contribution in [0, 0.1) is 13.8 Å². The lowest BCUT2D eigenvalue weighted by Gasteiger charge is -2.35. The molecule has 0 bridgehead atoms. The number of likely N-dealkylation sites (tertiary alicyclic amines) is 1. The molecule has 6 nitrogen and oxygen atoms in total. The van der Waals surface area contributed by atoms with E-state index in [9.17, 15) is 0 Å². The summed E-state index contributed by atoms with van der Waals surface area (Å²) in [5.74, 6) is 2.83. The molecule has 1 aliphatic heterocycles. The van der Waals surface area contributed by atoms with Crippen LogP contribution in [0.25, 0.3) is 11.5 Å². The van der Waals surface area contributed by atoms with E-state index in [-0.39, 0.29) is 0 Å². The van der Waals surface area contributed by atoms with E-state index < -0.39 is 0 Å². The molecule has 1 aliphatic rings. The molecule has 3 heterocycles. The van der Waals surface area contributed by atoms with Crippen LogP contribution in [0.4, 0.5) is 0 Å². The molecular formula is C15H22N4O2. The summed E-state index contributed by atoms with van der Waals surface area (Å²) in [6.07, 6.45) is 2.03. The number of nitrogens with zero attached hydrogens (tertiary/aromatic N) is 3. The molecule has 2 unspecified atom stereocenters. The highest BCUT2D eigenvalue weighted by molar-refractivity contribution is 5.55. The topological polar surface area (TPSA) is 81.3 Å². The number of furan rings is 1. The molecule has 21 heavy (non-hydrogen) atoms. The minimum Gasteiger partial charge on any atom is -0.466 e. The second-order valence-electron chi connectivity index (χ2n) is 5.93. The fourth-order valence-electron chi connectivity index (χ4n) is 2.94. The van der Waals surface area contributed by atoms with E-state index in [4.69, 9.17) is 14.6 Å². The average molecular weight is 290 g/mol. The average Bonchev–Trinajstić information content (AvgIpc) is 2.99. The van der Waals surface area contributed by atoms with E-state index in [0.29, 0.717) is 30.4 Å². The summed E-state index contributed by atoms with van der Waals surface area (Å²) in [6.45, 7) is 7.66. The molecule has 6 heteroatoms. The highest BCUT2D eigenvalue weighted by atomic mass is 16.4. The molecule has 0 aromatic carbocycles. The quantitative estimate of drug-likeness (QED) is 0.933. The largest absolute Gasteiger partial charge is 0.466 e. The van der Waals surface area contributed by atoms with Gasteiger partial charge in [-0.3, -0.25) is 4.90 Å². The van der Waals surface area contributed by atoms with Gasteiger partial charge in [-0.1, -0.05) is 0 Å². The summed E-state index contributed by atoms with van der Waals surface area (Å²) in [5, 5.41) is 8.30. The Morgan fingerprint density at radius 2 is 2.14 bits per heavy atom. The Bertz CT molecular complexity index is 619. The molecule has 2 aromatic heterocycles. The Morgan fingerprint density at radius 3 is 2.81 bits per heavy atom. The van der Waals surface area contributed by atoms with Gasteiger partial charge in [-0.05, 0) is 39.7 Å². The van der Waals surface area contributed by atoms with Crippen LogP contribution in [0.2, 0.25) is 0 Å². The van der Waals surface area contributed by atoms with Gasteiger partial charge in [0.05, 0.1) is 12.1 Å². The standard InChI is InChI=1S/C15H22N4O2/c1-9-6-12(16)4-5-19(9)8-14-17-18-15(21-14)13-7-10(2)20-11(13)3/h7,9,12H,4-6,8,16H2,1-3H3. The van der Waals surface area contributed by atoms with Crippen LogP contribution in [-0.4, -0.2) is 33.7 Å². The lowest BCUT2D eigenvalue weighted by molar-refractivity contribution is 0.128. The summed E-state index contributed by atoms with van der Waals surface area (Å²) in [6, 6.07) is 2.68. The Balaban J connectivity index is 1.72. The molecule has 0 amide bonds. The van der Waals surface area contributed by atoms with Crippen LogP contribution in [0.1, 0.15) is 37.2 Å². The zero-order chi connectivity index (χ0) is 15.0. The number of hydrogen-bond donors (Lipinski definition) is 1. The first kappa shape index (κ1) is 14.3. The number of piperidine rings is 1. The van der Waals surface area contributed by atoms with Gasteiger partial charge in [0.1, 0.15) is 11.5 Å².